The van der Waals surface area contributed by atoms with Gasteiger partial charge in [0.25, 0.3) is 0 Å². The maximum Gasteiger partial charge on any atom is 0.367 e. The van der Waals surface area contributed by atoms with Crippen LogP contribution in [-0.2, 0) is 14.5 Å². The van der Waals surface area contributed by atoms with Gasteiger partial charge < -0.3 is 0 Å². The van der Waals surface area contributed by atoms with E-state index in [0.717, 1.165) is 10.4 Å². The van der Waals surface area contributed by atoms with Gasteiger partial charge >= 0.3 is 10.3 Å². The molecule has 80 valence electrons. The Morgan fingerprint density at radius 2 is 2.29 bits per heavy atom. The lowest BCUT2D eigenvalue weighted by Gasteiger charge is -2.11. The summed E-state index contributed by atoms with van der Waals surface area (Å²) < 4.78 is 28.8. The van der Waals surface area contributed by atoms with Crippen LogP contribution in [0.25, 0.3) is 0 Å². The Balaban J connectivity index is 2.68. The fourth-order valence-electron chi connectivity index (χ4n) is 1.09. The summed E-state index contributed by atoms with van der Waals surface area (Å²) in [5.41, 5.74) is 0. The highest BCUT2D eigenvalue weighted by atomic mass is 32.2. The third-order valence-corrected chi connectivity index (χ3v) is 3.02. The number of rotatable bonds is 5. The molecular weight excluding hydrogens is 204 g/mol. The van der Waals surface area contributed by atoms with Crippen molar-refractivity contribution in [2.24, 2.45) is 0 Å². The highest BCUT2D eigenvalue weighted by Crippen LogP contribution is 2.07. The van der Waals surface area contributed by atoms with Gasteiger partial charge in [0.1, 0.15) is 6.33 Å². The third kappa shape index (κ3) is 2.81. The summed E-state index contributed by atoms with van der Waals surface area (Å²) in [6.07, 6.45) is 5.24. The smallest absolute Gasteiger partial charge is 0.250 e. The minimum absolute atomic E-state index is 0.299. The van der Waals surface area contributed by atoms with Crippen molar-refractivity contribution in [3.8, 4) is 0 Å². The molecule has 1 rings (SSSR count). The van der Waals surface area contributed by atoms with Gasteiger partial charge in [-0.05, 0) is 13.3 Å². The zero-order chi connectivity index (χ0) is 10.6. The van der Waals surface area contributed by atoms with Crippen molar-refractivity contribution in [2.75, 3.05) is 0 Å². The summed E-state index contributed by atoms with van der Waals surface area (Å²) in [5.74, 6) is 0. The largest absolute Gasteiger partial charge is 0.367 e. The van der Waals surface area contributed by atoms with Crippen LogP contribution in [0.3, 0.4) is 0 Å². The standard InChI is InChI=1S/C8H14N2O3S/c1-3-4-8(2)13-14(11,12)10-6-5-9-7-10/h5-8H,3-4H2,1-2H3. The van der Waals surface area contributed by atoms with Gasteiger partial charge in [-0.3, -0.25) is 4.18 Å². The van der Waals surface area contributed by atoms with Crippen LogP contribution in [0, 0.1) is 0 Å². The van der Waals surface area contributed by atoms with Crippen LogP contribution in [-0.4, -0.2) is 23.5 Å². The number of hydrogen-bond donors (Lipinski definition) is 0. The van der Waals surface area contributed by atoms with Gasteiger partial charge in [-0.25, -0.2) is 8.96 Å². The lowest BCUT2D eigenvalue weighted by molar-refractivity contribution is 0.214. The SMILES string of the molecule is CCCC(C)OS(=O)(=O)n1ccnc1. The van der Waals surface area contributed by atoms with Gasteiger partial charge in [-0.2, -0.15) is 8.42 Å². The molecule has 0 aromatic carbocycles. The summed E-state index contributed by atoms with van der Waals surface area (Å²) >= 11 is 0. The Morgan fingerprint density at radius 3 is 2.79 bits per heavy atom. The van der Waals surface area contributed by atoms with Crippen LogP contribution in [0.1, 0.15) is 26.7 Å². The summed E-state index contributed by atoms with van der Waals surface area (Å²) in [6, 6.07) is 0. The van der Waals surface area contributed by atoms with Crippen molar-refractivity contribution in [1.82, 2.24) is 8.96 Å². The predicted octanol–water partition coefficient (Wildman–Crippen LogP) is 1.18. The molecule has 0 aliphatic heterocycles. The molecule has 0 aliphatic carbocycles. The topological polar surface area (TPSA) is 61.2 Å². The van der Waals surface area contributed by atoms with Crippen LogP contribution >= 0.6 is 0 Å². The first kappa shape index (κ1) is 11.2. The van der Waals surface area contributed by atoms with Crippen LogP contribution in [0.15, 0.2) is 18.7 Å². The molecule has 0 saturated carbocycles. The molecule has 1 aromatic heterocycles. The quantitative estimate of drug-likeness (QED) is 0.744. The van der Waals surface area contributed by atoms with Crippen molar-refractivity contribution in [2.45, 2.75) is 32.8 Å². The van der Waals surface area contributed by atoms with E-state index in [2.05, 4.69) is 4.98 Å². The van der Waals surface area contributed by atoms with E-state index in [1.54, 1.807) is 6.92 Å². The predicted molar refractivity (Wildman–Crippen MR) is 52.0 cm³/mol. The minimum atomic E-state index is -3.68. The molecule has 1 aromatic rings. The first-order valence-corrected chi connectivity index (χ1v) is 5.84. The normalized spacial score (nSPS) is 14.1. The molecular formula is C8H14N2O3S. The van der Waals surface area contributed by atoms with Crippen molar-refractivity contribution < 1.29 is 12.6 Å². The second-order valence-electron chi connectivity index (χ2n) is 3.05. The van der Waals surface area contributed by atoms with Gasteiger partial charge in [-0.15, -0.1) is 0 Å². The number of hydrogen-bond acceptors (Lipinski definition) is 4. The second-order valence-corrected chi connectivity index (χ2v) is 4.52. The van der Waals surface area contributed by atoms with Crippen LogP contribution < -0.4 is 0 Å². The summed E-state index contributed by atoms with van der Waals surface area (Å²) in [6.45, 7) is 3.71. The Hall–Kier alpha value is -0.880. The molecule has 0 saturated heterocycles. The molecule has 1 atom stereocenters. The number of aromatic nitrogens is 2. The van der Waals surface area contributed by atoms with E-state index >= 15 is 0 Å². The minimum Gasteiger partial charge on any atom is -0.250 e. The van der Waals surface area contributed by atoms with Crippen molar-refractivity contribution in [3.63, 3.8) is 0 Å². The van der Waals surface area contributed by atoms with E-state index in [0.29, 0.717) is 6.42 Å². The van der Waals surface area contributed by atoms with E-state index in [4.69, 9.17) is 4.18 Å². The van der Waals surface area contributed by atoms with Gasteiger partial charge in [0, 0.05) is 12.4 Å². The molecule has 0 radical (unpaired) electrons. The molecule has 1 unspecified atom stereocenters. The van der Waals surface area contributed by atoms with Gasteiger partial charge in [-0.1, -0.05) is 13.3 Å². The van der Waals surface area contributed by atoms with E-state index in [9.17, 15) is 8.42 Å². The van der Waals surface area contributed by atoms with Crippen LogP contribution in [0.5, 0.6) is 0 Å². The van der Waals surface area contributed by atoms with E-state index in [1.165, 1.54) is 18.7 Å². The third-order valence-electron chi connectivity index (χ3n) is 1.72. The van der Waals surface area contributed by atoms with Gasteiger partial charge in [0.2, 0.25) is 0 Å². The van der Waals surface area contributed by atoms with E-state index in [1.807, 2.05) is 6.92 Å². The first-order chi connectivity index (χ1) is 6.56. The highest BCUT2D eigenvalue weighted by molar-refractivity contribution is 7.85. The van der Waals surface area contributed by atoms with Crippen LogP contribution in [0.4, 0.5) is 0 Å². The lowest BCUT2D eigenvalue weighted by Crippen LogP contribution is -2.20. The van der Waals surface area contributed by atoms with Crippen molar-refractivity contribution in [3.05, 3.63) is 18.7 Å². The Bertz CT molecular complexity index is 358. The summed E-state index contributed by atoms with van der Waals surface area (Å²) in [4.78, 5) is 3.65. The van der Waals surface area contributed by atoms with Gasteiger partial charge in [0.05, 0.1) is 6.10 Å². The average Bonchev–Trinajstić information content (AvgIpc) is 2.54. The maximum absolute atomic E-state index is 11.5. The number of imidazole rings is 1. The average molecular weight is 218 g/mol. The molecule has 0 spiro atoms. The first-order valence-electron chi connectivity index (χ1n) is 4.48. The lowest BCUT2D eigenvalue weighted by atomic mass is 10.2. The molecule has 0 amide bonds. The fraction of sp³-hybridized carbons (Fsp3) is 0.625. The Morgan fingerprint density at radius 1 is 1.57 bits per heavy atom. The summed E-state index contributed by atoms with van der Waals surface area (Å²) in [5, 5.41) is 0. The monoisotopic (exact) mass is 218 g/mol. The van der Waals surface area contributed by atoms with Crippen molar-refractivity contribution in [1.29, 1.82) is 0 Å². The van der Waals surface area contributed by atoms with Crippen molar-refractivity contribution >= 4 is 10.3 Å². The molecule has 0 fully saturated rings. The molecule has 0 N–H and O–H groups in total. The molecule has 0 bridgehead atoms. The molecule has 6 heteroatoms. The Kier molecular flexibility index (Phi) is 3.65. The molecule has 14 heavy (non-hydrogen) atoms. The second kappa shape index (κ2) is 4.56. The molecule has 0 aliphatic rings. The van der Waals surface area contributed by atoms with Gasteiger partial charge in [0.15, 0.2) is 0 Å². The summed E-state index contributed by atoms with van der Waals surface area (Å²) in [7, 11) is -3.68. The zero-order valence-corrected chi connectivity index (χ0v) is 9.07. The van der Waals surface area contributed by atoms with Crippen LogP contribution in [0.2, 0.25) is 0 Å². The van der Waals surface area contributed by atoms with E-state index < -0.39 is 10.3 Å². The number of nitrogens with zero attached hydrogens (tertiary/aromatic N) is 2. The maximum atomic E-state index is 11.5. The Labute approximate surface area is 84.0 Å². The molecule has 5 nitrogen and oxygen atoms in total. The van der Waals surface area contributed by atoms with E-state index in [-0.39, 0.29) is 6.10 Å². The molecule has 1 heterocycles. The fourth-order valence-corrected chi connectivity index (χ4v) is 2.08. The highest BCUT2D eigenvalue weighted by Gasteiger charge is 2.16. The zero-order valence-electron chi connectivity index (χ0n) is 8.25.